The van der Waals surface area contributed by atoms with E-state index in [1.165, 1.54) is 43.4 Å². The van der Waals surface area contributed by atoms with Crippen molar-refractivity contribution in [2.45, 2.75) is 164 Å². The van der Waals surface area contributed by atoms with Crippen LogP contribution in [0.5, 0.6) is 46.0 Å². The third kappa shape index (κ3) is 18.1. The van der Waals surface area contributed by atoms with Crippen LogP contribution in [0.3, 0.4) is 0 Å². The number of nitrogens with zero attached hydrogens (tertiary/aromatic N) is 2. The Morgan fingerprint density at radius 1 is 0.702 bits per heavy atom. The van der Waals surface area contributed by atoms with Crippen molar-refractivity contribution in [2.24, 2.45) is 17.6 Å². The number of amides is 6. The fourth-order valence-electron chi connectivity index (χ4n) is 12.7. The Balaban J connectivity index is 1.29. The number of hydrogen-bond acceptors (Lipinski definition) is 24. The van der Waals surface area contributed by atoms with Crippen LogP contribution in [-0.4, -0.2) is 197 Å². The zero-order valence-corrected chi connectivity index (χ0v) is 59.5. The van der Waals surface area contributed by atoms with Crippen molar-refractivity contribution >= 4 is 76.2 Å². The summed E-state index contributed by atoms with van der Waals surface area (Å²) in [6.07, 6.45) is -17.5. The molecule has 0 aliphatic carbocycles. The van der Waals surface area contributed by atoms with Gasteiger partial charge in [-0.2, -0.15) is 0 Å². The van der Waals surface area contributed by atoms with Gasteiger partial charge in [0.15, 0.2) is 28.8 Å². The molecule has 11 bridgehead atoms. The topological polar surface area (TPSA) is 462 Å². The van der Waals surface area contributed by atoms with Gasteiger partial charge in [0.2, 0.25) is 41.6 Å². The molecule has 14 atom stereocenters. The van der Waals surface area contributed by atoms with E-state index in [0.717, 1.165) is 47.4 Å². The number of fused-ring (bicyclic) bond motifs is 15. The van der Waals surface area contributed by atoms with Crippen LogP contribution in [0.25, 0.3) is 11.1 Å². The second-order valence-corrected chi connectivity index (χ2v) is 28.7. The van der Waals surface area contributed by atoms with E-state index >= 15 is 24.0 Å². The van der Waals surface area contributed by atoms with Crippen LogP contribution in [0.4, 0.5) is 4.79 Å². The van der Waals surface area contributed by atoms with Crippen molar-refractivity contribution in [3.05, 3.63) is 117 Å². The van der Waals surface area contributed by atoms with Gasteiger partial charge in [0, 0.05) is 49.9 Å². The second-order valence-electron chi connectivity index (χ2n) is 27.9. The molecule has 0 saturated carbocycles. The summed E-state index contributed by atoms with van der Waals surface area (Å²) in [6, 6.07) is 5.06. The number of phenols is 3. The number of benzene rings is 5. The Morgan fingerprint density at radius 3 is 1.91 bits per heavy atom. The standard InChI is InChI=1S/C72H85Cl2N7O23/c1-31(2)19-43(81(8)71(99)104-72(3,4)5)68(97)78-58-47(87)23-36(26-54(75)89)66(95)76-56-35-24-51(100-49-16-13-33(60(58)90)21-41(49)73)65(103-70-64(94)63(93)62(92)53(30-82)102-70)52(25-35)101-50-17-14-34(22-42(50)74)61(91)59-69(98)77-57(45(85)11-9-10-18-80(6)7)40-27-37(83)28-46(86)55(40)39-20-32(12-15-44(39)84)38(29-48(56)88)67(96)79-59/h12-17,20-22,24-25,27-28,31,36,38,43,53,56-64,70,82-84,86,90-94H,9-11,18-19,23,26,29-30H2,1-8H3,(H2,75,89)(H,76,95)(H,77,98)(H,78,97)(H,79,96)/t36-,38+,43+,53+,56+,57-,58-,59-,60+,61+,62+,63-,64+,70-/m0/s1. The minimum atomic E-state index is -2.19. The van der Waals surface area contributed by atoms with Crippen LogP contribution in [0.15, 0.2) is 78.9 Å². The minimum Gasteiger partial charge on any atom is -0.508 e. The molecule has 30 nitrogen and oxygen atoms in total. The number of ether oxygens (including phenoxy) is 5. The largest absolute Gasteiger partial charge is 0.508 e. The van der Waals surface area contributed by atoms with E-state index in [4.69, 9.17) is 52.6 Å². The van der Waals surface area contributed by atoms with Crippen molar-refractivity contribution in [3.63, 3.8) is 0 Å². The van der Waals surface area contributed by atoms with Gasteiger partial charge in [0.1, 0.15) is 101 Å². The SMILES string of the molecule is CC(C)C[C@H](C(=O)N[C@H]1C(=O)C[C@@H](CC(N)=O)C(=O)N[C@H]2C(=O)C[C@H]3C(=O)N[C@H](C(=O)N[C@H](C(=O)CCCCN(C)C)c4cc(O)cc(O)c4-c4cc3ccc4O)[C@H](O)c3ccc(c(Cl)c3)Oc3cc2cc(c3O[C@@H]2O[C@H](CO)[C@@H](O)[C@H](O)[C@H]2O)Oc2ccc(cc2Cl)[C@H]1O)N(C)C(=O)OC(C)(C)C. The van der Waals surface area contributed by atoms with Crippen molar-refractivity contribution in [2.75, 3.05) is 34.3 Å². The number of nitrogens with one attached hydrogen (secondary N) is 4. The summed E-state index contributed by atoms with van der Waals surface area (Å²) in [4.78, 5) is 137. The smallest absolute Gasteiger partial charge is 0.410 e. The lowest BCUT2D eigenvalue weighted by Gasteiger charge is -2.39. The van der Waals surface area contributed by atoms with E-state index in [0.29, 0.717) is 13.0 Å². The highest BCUT2D eigenvalue weighted by molar-refractivity contribution is 6.32. The number of ketones is 3. The van der Waals surface area contributed by atoms with Crippen LogP contribution in [0.1, 0.15) is 138 Å². The lowest BCUT2D eigenvalue weighted by Crippen LogP contribution is -2.60. The number of aromatic hydroxyl groups is 3. The van der Waals surface area contributed by atoms with E-state index in [9.17, 15) is 65.1 Å². The first-order chi connectivity index (χ1) is 48.9. The Labute approximate surface area is 607 Å². The summed E-state index contributed by atoms with van der Waals surface area (Å²) in [5.41, 5.74) is 2.96. The summed E-state index contributed by atoms with van der Waals surface area (Å²) < 4.78 is 30.8. The maximum Gasteiger partial charge on any atom is 0.410 e. The number of nitrogens with two attached hydrogens (primary N) is 1. The minimum absolute atomic E-state index is 0.0233. The average Bonchev–Trinajstić information content (AvgIpc) is 0.770. The summed E-state index contributed by atoms with van der Waals surface area (Å²) in [5, 5.41) is 113. The molecule has 104 heavy (non-hydrogen) atoms. The van der Waals surface area contributed by atoms with Gasteiger partial charge in [-0.3, -0.25) is 43.3 Å². The third-order valence-electron chi connectivity index (χ3n) is 18.1. The number of aliphatic hydroxyl groups is 6. The van der Waals surface area contributed by atoms with E-state index < -0.39 is 204 Å². The van der Waals surface area contributed by atoms with Crippen molar-refractivity contribution in [1.29, 1.82) is 0 Å². The summed E-state index contributed by atoms with van der Waals surface area (Å²) >= 11 is 14.1. The number of aliphatic hydroxyl groups excluding tert-OH is 6. The number of carbonyl (C=O) groups is 9. The van der Waals surface area contributed by atoms with Gasteiger partial charge in [-0.25, -0.2) is 4.79 Å². The second kappa shape index (κ2) is 32.8. The normalized spacial score (nSPS) is 24.8. The molecule has 0 unspecified atom stereocenters. The number of phenolic OH excluding ortho intramolecular Hbond substituents is 3. The molecular formula is C72H85Cl2N7O23. The molecule has 1 saturated heterocycles. The zero-order valence-electron chi connectivity index (χ0n) is 58.0. The van der Waals surface area contributed by atoms with Crippen LogP contribution in [-0.2, 0) is 47.8 Å². The van der Waals surface area contributed by atoms with E-state index in [1.54, 1.807) is 34.6 Å². The third-order valence-corrected chi connectivity index (χ3v) is 18.7. The fourth-order valence-corrected chi connectivity index (χ4v) is 13.2. The first-order valence-electron chi connectivity index (χ1n) is 33.5. The first kappa shape index (κ1) is 78.9. The van der Waals surface area contributed by atoms with Crippen LogP contribution in [0, 0.1) is 11.8 Å². The molecule has 5 aromatic carbocycles. The molecule has 5 aromatic rings. The molecule has 6 aliphatic heterocycles. The number of likely N-dealkylation sites (N-methyl/N-ethyl adjacent to an activating group) is 1. The van der Waals surface area contributed by atoms with Crippen molar-refractivity contribution < 1.29 is 113 Å². The highest BCUT2D eigenvalue weighted by Crippen LogP contribution is 2.50. The van der Waals surface area contributed by atoms with Gasteiger partial charge in [0.05, 0.1) is 28.5 Å². The highest BCUT2D eigenvalue weighted by atomic mass is 35.5. The van der Waals surface area contributed by atoms with Gasteiger partial charge in [-0.15, -0.1) is 0 Å². The quantitative estimate of drug-likeness (QED) is 0.0595. The van der Waals surface area contributed by atoms with E-state index in [2.05, 4.69) is 21.3 Å². The molecular weight excluding hydrogens is 1400 g/mol. The Hall–Kier alpha value is -9.21. The molecule has 0 aromatic heterocycles. The van der Waals surface area contributed by atoms with Gasteiger partial charge in [0.25, 0.3) is 0 Å². The van der Waals surface area contributed by atoms with Crippen molar-refractivity contribution in [1.82, 2.24) is 31.1 Å². The van der Waals surface area contributed by atoms with Crippen LogP contribution in [0.2, 0.25) is 10.0 Å². The number of Topliss-reactive ketones (excluding diaryl/α,β-unsaturated/α-hetero) is 3. The summed E-state index contributed by atoms with van der Waals surface area (Å²) in [6.45, 7) is 7.92. The van der Waals surface area contributed by atoms with Crippen LogP contribution < -0.4 is 41.2 Å². The number of carbonyl (C=O) groups excluding carboxylic acids is 9. The summed E-state index contributed by atoms with van der Waals surface area (Å²) in [5.74, 6) is -17.4. The Morgan fingerprint density at radius 2 is 1.33 bits per heavy atom. The molecule has 11 rings (SSSR count). The first-order valence-corrected chi connectivity index (χ1v) is 34.2. The predicted molar refractivity (Wildman–Crippen MR) is 370 cm³/mol. The Kier molecular flexibility index (Phi) is 24.9. The van der Waals surface area contributed by atoms with E-state index in [1.807, 2.05) is 19.0 Å². The maximum absolute atomic E-state index is 16.2. The maximum atomic E-state index is 16.2. The van der Waals surface area contributed by atoms with Gasteiger partial charge in [-0.1, -0.05) is 55.2 Å². The Bertz CT molecular complexity index is 4130. The highest BCUT2D eigenvalue weighted by Gasteiger charge is 2.47. The van der Waals surface area contributed by atoms with Gasteiger partial charge in [-0.05, 0) is 149 Å². The number of halogens is 2. The lowest BCUT2D eigenvalue weighted by atomic mass is 9.84. The number of unbranched alkanes of at least 4 members (excludes halogenated alkanes) is 1. The van der Waals surface area contributed by atoms with Crippen LogP contribution >= 0.6 is 23.2 Å². The molecule has 6 heterocycles. The van der Waals surface area contributed by atoms with Gasteiger partial charge < -0.3 is 102 Å². The molecule has 32 heteroatoms. The molecule has 6 aliphatic rings. The number of rotatable bonds is 16. The number of primary amides is 1. The monoisotopic (exact) mass is 1490 g/mol. The molecule has 0 radical (unpaired) electrons. The molecule has 15 N–H and O–H groups in total. The average molecular weight is 1490 g/mol. The lowest BCUT2D eigenvalue weighted by molar-refractivity contribution is -0.277. The zero-order chi connectivity index (χ0) is 76.2. The fraction of sp³-hybridized carbons (Fsp3) is 0.458. The molecule has 1 fully saturated rings. The molecule has 6 amide bonds. The van der Waals surface area contributed by atoms with Crippen molar-refractivity contribution in [3.8, 4) is 57.1 Å². The summed E-state index contributed by atoms with van der Waals surface area (Å²) in [7, 11) is 4.94. The molecule has 560 valence electrons. The van der Waals surface area contributed by atoms with Gasteiger partial charge >= 0.3 is 6.09 Å². The number of hydrogen-bond donors (Lipinski definition) is 14. The predicted octanol–water partition coefficient (Wildman–Crippen LogP) is 4.71. The molecule has 0 spiro atoms. The van der Waals surface area contributed by atoms with E-state index in [-0.39, 0.29) is 85.7 Å².